The number of amides is 1. The molecule has 0 radical (unpaired) electrons. The zero-order valence-electron chi connectivity index (χ0n) is 9.92. The molecule has 1 aromatic carbocycles. The third-order valence-electron chi connectivity index (χ3n) is 2.92. The lowest BCUT2D eigenvalue weighted by Crippen LogP contribution is -2.15. The van der Waals surface area contributed by atoms with E-state index in [9.17, 15) is 4.79 Å². The van der Waals surface area contributed by atoms with Crippen molar-refractivity contribution in [2.75, 3.05) is 11.9 Å². The summed E-state index contributed by atoms with van der Waals surface area (Å²) in [6, 6.07) is 5.69. The minimum atomic E-state index is 0.0357. The van der Waals surface area contributed by atoms with Crippen LogP contribution in [0.15, 0.2) is 27.1 Å². The number of ether oxygens (including phenoxy) is 1. The number of carbonyl (C=O) groups excluding carboxylic acids is 1. The molecule has 0 bridgehead atoms. The largest absolute Gasteiger partial charge is 0.378 e. The standard InChI is InChI=1S/C13H15Br2NO2/c14-9-3-5-12(11(15)8-9)16-13(17)6-4-10-2-1-7-18-10/h3,5,8,10H,1-2,4,6-7H2,(H,16,17)/t10-/m0/s1. The van der Waals surface area contributed by atoms with Gasteiger partial charge in [-0.25, -0.2) is 0 Å². The molecule has 0 unspecified atom stereocenters. The number of hydrogen-bond donors (Lipinski definition) is 1. The van der Waals surface area contributed by atoms with E-state index >= 15 is 0 Å². The van der Waals surface area contributed by atoms with Crippen LogP contribution in [0.4, 0.5) is 5.69 Å². The summed E-state index contributed by atoms with van der Waals surface area (Å²) in [5.74, 6) is 0.0357. The number of halogens is 2. The predicted molar refractivity (Wildman–Crippen MR) is 78.7 cm³/mol. The molecule has 0 saturated carbocycles. The first-order chi connectivity index (χ1) is 8.65. The molecule has 2 rings (SSSR count). The molecule has 1 saturated heterocycles. The van der Waals surface area contributed by atoms with Crippen LogP contribution < -0.4 is 5.32 Å². The van der Waals surface area contributed by atoms with Gasteiger partial charge in [0.05, 0.1) is 11.8 Å². The van der Waals surface area contributed by atoms with Crippen LogP contribution in [-0.4, -0.2) is 18.6 Å². The molecule has 0 aromatic heterocycles. The molecule has 5 heteroatoms. The van der Waals surface area contributed by atoms with Crippen molar-refractivity contribution in [3.8, 4) is 0 Å². The van der Waals surface area contributed by atoms with Gasteiger partial charge < -0.3 is 10.1 Å². The van der Waals surface area contributed by atoms with Crippen LogP contribution in [0.2, 0.25) is 0 Å². The number of benzene rings is 1. The Morgan fingerprint density at radius 3 is 2.94 bits per heavy atom. The summed E-state index contributed by atoms with van der Waals surface area (Å²) >= 11 is 6.80. The fraction of sp³-hybridized carbons (Fsp3) is 0.462. The molecule has 1 aliphatic rings. The highest BCUT2D eigenvalue weighted by Crippen LogP contribution is 2.26. The molecule has 1 atom stereocenters. The Morgan fingerprint density at radius 1 is 1.44 bits per heavy atom. The van der Waals surface area contributed by atoms with Gasteiger partial charge >= 0.3 is 0 Å². The normalized spacial score (nSPS) is 18.9. The van der Waals surface area contributed by atoms with Crippen molar-refractivity contribution < 1.29 is 9.53 Å². The van der Waals surface area contributed by atoms with Gasteiger partial charge in [0, 0.05) is 22.0 Å². The van der Waals surface area contributed by atoms with Gasteiger partial charge in [-0.05, 0) is 53.4 Å². The fourth-order valence-corrected chi connectivity index (χ4v) is 3.11. The van der Waals surface area contributed by atoms with Crippen LogP contribution in [0.25, 0.3) is 0 Å². The van der Waals surface area contributed by atoms with Crippen molar-refractivity contribution in [1.29, 1.82) is 0 Å². The van der Waals surface area contributed by atoms with E-state index in [1.54, 1.807) is 0 Å². The van der Waals surface area contributed by atoms with Gasteiger partial charge in [-0.15, -0.1) is 0 Å². The maximum absolute atomic E-state index is 11.8. The Kier molecular flexibility index (Phi) is 5.21. The quantitative estimate of drug-likeness (QED) is 0.858. The highest BCUT2D eigenvalue weighted by atomic mass is 79.9. The van der Waals surface area contributed by atoms with Gasteiger partial charge in [-0.1, -0.05) is 15.9 Å². The lowest BCUT2D eigenvalue weighted by molar-refractivity contribution is -0.116. The molecule has 1 fully saturated rings. The van der Waals surface area contributed by atoms with Crippen LogP contribution in [0, 0.1) is 0 Å². The van der Waals surface area contributed by atoms with Crippen molar-refractivity contribution >= 4 is 43.5 Å². The Hall–Kier alpha value is -0.390. The summed E-state index contributed by atoms with van der Waals surface area (Å²) in [7, 11) is 0. The molecule has 1 aliphatic heterocycles. The first-order valence-electron chi connectivity index (χ1n) is 6.01. The van der Waals surface area contributed by atoms with Crippen LogP contribution in [0.3, 0.4) is 0 Å². The maximum atomic E-state index is 11.8. The van der Waals surface area contributed by atoms with Crippen LogP contribution in [0.1, 0.15) is 25.7 Å². The van der Waals surface area contributed by atoms with Crippen molar-refractivity contribution in [3.05, 3.63) is 27.1 Å². The third kappa shape index (κ3) is 4.07. The summed E-state index contributed by atoms with van der Waals surface area (Å²) in [5.41, 5.74) is 0.801. The molecule has 1 heterocycles. The number of anilines is 1. The topological polar surface area (TPSA) is 38.3 Å². The summed E-state index contributed by atoms with van der Waals surface area (Å²) in [4.78, 5) is 11.8. The monoisotopic (exact) mass is 375 g/mol. The van der Waals surface area contributed by atoms with Gasteiger partial charge in [0.1, 0.15) is 0 Å². The van der Waals surface area contributed by atoms with E-state index in [0.717, 1.165) is 40.5 Å². The van der Waals surface area contributed by atoms with Gasteiger partial charge in [0.25, 0.3) is 0 Å². The van der Waals surface area contributed by atoms with Crippen molar-refractivity contribution in [1.82, 2.24) is 0 Å². The van der Waals surface area contributed by atoms with Gasteiger partial charge in [-0.2, -0.15) is 0 Å². The molecule has 98 valence electrons. The Morgan fingerprint density at radius 2 is 2.28 bits per heavy atom. The second-order valence-electron chi connectivity index (χ2n) is 4.35. The first kappa shape index (κ1) is 14.0. The van der Waals surface area contributed by atoms with Crippen molar-refractivity contribution in [3.63, 3.8) is 0 Å². The summed E-state index contributed by atoms with van der Waals surface area (Å²) < 4.78 is 7.35. The average Bonchev–Trinajstić information content (AvgIpc) is 2.83. The van der Waals surface area contributed by atoms with E-state index < -0.39 is 0 Å². The Labute approximate surface area is 124 Å². The van der Waals surface area contributed by atoms with Crippen LogP contribution in [0.5, 0.6) is 0 Å². The molecular formula is C13H15Br2NO2. The molecule has 18 heavy (non-hydrogen) atoms. The Balaban J connectivity index is 1.82. The maximum Gasteiger partial charge on any atom is 0.224 e. The molecule has 0 aliphatic carbocycles. The Bertz CT molecular complexity index is 431. The minimum absolute atomic E-state index is 0.0357. The fourth-order valence-electron chi connectivity index (χ4n) is 1.97. The van der Waals surface area contributed by atoms with Crippen LogP contribution >= 0.6 is 31.9 Å². The molecule has 1 aromatic rings. The van der Waals surface area contributed by atoms with Crippen molar-refractivity contribution in [2.45, 2.75) is 31.8 Å². The molecular weight excluding hydrogens is 362 g/mol. The van der Waals surface area contributed by atoms with Gasteiger partial charge in [0.15, 0.2) is 0 Å². The van der Waals surface area contributed by atoms with Gasteiger partial charge in [-0.3, -0.25) is 4.79 Å². The number of rotatable bonds is 4. The summed E-state index contributed by atoms with van der Waals surface area (Å²) in [6.45, 7) is 0.838. The average molecular weight is 377 g/mol. The highest BCUT2D eigenvalue weighted by molar-refractivity contribution is 9.11. The van der Waals surface area contributed by atoms with E-state index in [-0.39, 0.29) is 12.0 Å². The van der Waals surface area contributed by atoms with E-state index in [4.69, 9.17) is 4.74 Å². The summed E-state index contributed by atoms with van der Waals surface area (Å²) in [6.07, 6.45) is 3.77. The molecule has 3 nitrogen and oxygen atoms in total. The third-order valence-corrected chi connectivity index (χ3v) is 4.07. The molecule has 1 N–H and O–H groups in total. The summed E-state index contributed by atoms with van der Waals surface area (Å²) in [5, 5.41) is 2.90. The number of carbonyl (C=O) groups is 1. The lowest BCUT2D eigenvalue weighted by Gasteiger charge is -2.10. The van der Waals surface area contributed by atoms with Gasteiger partial charge in [0.2, 0.25) is 5.91 Å². The second-order valence-corrected chi connectivity index (χ2v) is 6.12. The van der Waals surface area contributed by atoms with E-state index in [1.807, 2.05) is 18.2 Å². The minimum Gasteiger partial charge on any atom is -0.378 e. The number of nitrogens with one attached hydrogen (secondary N) is 1. The second kappa shape index (κ2) is 6.68. The lowest BCUT2D eigenvalue weighted by atomic mass is 10.1. The molecule has 0 spiro atoms. The van der Waals surface area contributed by atoms with E-state index in [1.165, 1.54) is 0 Å². The number of hydrogen-bond acceptors (Lipinski definition) is 2. The predicted octanol–water partition coefficient (Wildman–Crippen LogP) is 4.11. The highest BCUT2D eigenvalue weighted by Gasteiger charge is 2.16. The smallest absolute Gasteiger partial charge is 0.224 e. The van der Waals surface area contributed by atoms with Crippen LogP contribution in [-0.2, 0) is 9.53 Å². The van der Waals surface area contributed by atoms with E-state index in [2.05, 4.69) is 37.2 Å². The zero-order chi connectivity index (χ0) is 13.0. The van der Waals surface area contributed by atoms with Crippen molar-refractivity contribution in [2.24, 2.45) is 0 Å². The first-order valence-corrected chi connectivity index (χ1v) is 7.60. The zero-order valence-corrected chi connectivity index (χ0v) is 13.1. The molecule has 1 amide bonds. The van der Waals surface area contributed by atoms with E-state index in [0.29, 0.717) is 6.42 Å². The SMILES string of the molecule is O=C(CC[C@@H]1CCCO1)Nc1ccc(Br)cc1Br.